The molecular weight excluding hydrogens is 260 g/mol. The Kier molecular flexibility index (Phi) is 2.26. The summed E-state index contributed by atoms with van der Waals surface area (Å²) < 4.78 is 0.590. The number of phenolic OH excluding ortho intramolecular Hbond substituents is 1. The third kappa shape index (κ3) is 1.44. The fourth-order valence-electron chi connectivity index (χ4n) is 1.91. The molecule has 0 heterocycles. The smallest absolute Gasteiger partial charge is 0.314 e. The van der Waals surface area contributed by atoms with Crippen LogP contribution < -0.4 is 0 Å². The van der Waals surface area contributed by atoms with Crippen LogP contribution in [0.4, 0.5) is 0 Å². The lowest BCUT2D eigenvalue weighted by Crippen LogP contribution is -2.20. The second kappa shape index (κ2) is 3.23. The average molecular weight is 271 g/mol. The molecule has 0 spiro atoms. The molecule has 0 bridgehead atoms. The van der Waals surface area contributed by atoms with Gasteiger partial charge in [-0.15, -0.1) is 0 Å². The summed E-state index contributed by atoms with van der Waals surface area (Å²) in [5.74, 6) is -0.624. The Morgan fingerprint density at radius 1 is 1.47 bits per heavy atom. The molecule has 0 unspecified atom stereocenters. The van der Waals surface area contributed by atoms with E-state index < -0.39 is 11.4 Å². The van der Waals surface area contributed by atoms with E-state index in [1.54, 1.807) is 6.07 Å². The van der Waals surface area contributed by atoms with E-state index in [0.717, 1.165) is 11.1 Å². The molecule has 1 aromatic rings. The van der Waals surface area contributed by atoms with Crippen molar-refractivity contribution in [2.75, 3.05) is 0 Å². The quantitative estimate of drug-likeness (QED) is 0.869. The van der Waals surface area contributed by atoms with Crippen molar-refractivity contribution in [2.24, 2.45) is 0 Å². The highest BCUT2D eigenvalue weighted by molar-refractivity contribution is 9.10. The fourth-order valence-corrected chi connectivity index (χ4v) is 2.26. The standard InChI is InChI=1S/C11H11BrO3/c1-6-7(2-3-8(13)9(6)12)11(4-5-11)10(14)15/h2-3,13H,4-5H2,1H3,(H,14,15). The summed E-state index contributed by atoms with van der Waals surface area (Å²) in [5, 5.41) is 18.6. The topological polar surface area (TPSA) is 57.5 Å². The van der Waals surface area contributed by atoms with E-state index in [1.807, 2.05) is 6.92 Å². The molecule has 1 fully saturated rings. The van der Waals surface area contributed by atoms with E-state index in [0.29, 0.717) is 17.3 Å². The van der Waals surface area contributed by atoms with Crippen LogP contribution in [0.2, 0.25) is 0 Å². The molecule has 3 nitrogen and oxygen atoms in total. The van der Waals surface area contributed by atoms with Crippen molar-refractivity contribution in [3.8, 4) is 5.75 Å². The third-order valence-corrected chi connectivity index (χ3v) is 4.04. The van der Waals surface area contributed by atoms with Crippen molar-refractivity contribution < 1.29 is 15.0 Å². The Balaban J connectivity index is 2.55. The van der Waals surface area contributed by atoms with Gasteiger partial charge in [0.05, 0.1) is 9.89 Å². The van der Waals surface area contributed by atoms with E-state index in [1.165, 1.54) is 6.07 Å². The summed E-state index contributed by atoms with van der Waals surface area (Å²) in [4.78, 5) is 11.2. The number of carboxylic acid groups (broad SMARTS) is 1. The van der Waals surface area contributed by atoms with Crippen LogP contribution in [0.15, 0.2) is 16.6 Å². The molecule has 2 N–H and O–H groups in total. The summed E-state index contributed by atoms with van der Waals surface area (Å²) in [6, 6.07) is 3.24. The molecule has 1 saturated carbocycles. The maximum Gasteiger partial charge on any atom is 0.314 e. The van der Waals surface area contributed by atoms with E-state index >= 15 is 0 Å². The highest BCUT2D eigenvalue weighted by Gasteiger charge is 2.52. The Labute approximate surface area is 95.9 Å². The van der Waals surface area contributed by atoms with Crippen LogP contribution in [0.25, 0.3) is 0 Å². The number of aliphatic carboxylic acids is 1. The summed E-state index contributed by atoms with van der Waals surface area (Å²) in [7, 11) is 0. The summed E-state index contributed by atoms with van der Waals surface area (Å²) >= 11 is 3.26. The van der Waals surface area contributed by atoms with E-state index in [9.17, 15) is 9.90 Å². The van der Waals surface area contributed by atoms with Crippen LogP contribution in [-0.4, -0.2) is 16.2 Å². The summed E-state index contributed by atoms with van der Waals surface area (Å²) in [6.45, 7) is 1.82. The Bertz CT molecular complexity index is 436. The zero-order valence-corrected chi connectivity index (χ0v) is 9.84. The molecule has 1 aliphatic rings. The van der Waals surface area contributed by atoms with Crippen LogP contribution in [-0.2, 0) is 10.2 Å². The van der Waals surface area contributed by atoms with Gasteiger partial charge in [0.15, 0.2) is 0 Å². The molecule has 15 heavy (non-hydrogen) atoms. The number of benzene rings is 1. The minimum atomic E-state index is -0.775. The number of hydrogen-bond acceptors (Lipinski definition) is 2. The van der Waals surface area contributed by atoms with Gasteiger partial charge in [-0.05, 0) is 52.9 Å². The summed E-state index contributed by atoms with van der Waals surface area (Å²) in [5.41, 5.74) is 0.912. The van der Waals surface area contributed by atoms with Crippen molar-refractivity contribution in [2.45, 2.75) is 25.2 Å². The minimum Gasteiger partial charge on any atom is -0.507 e. The summed E-state index contributed by atoms with van der Waals surface area (Å²) in [6.07, 6.45) is 1.36. The van der Waals surface area contributed by atoms with E-state index in [4.69, 9.17) is 5.11 Å². The number of halogens is 1. The van der Waals surface area contributed by atoms with Gasteiger partial charge in [0.25, 0.3) is 0 Å². The molecule has 0 aromatic heterocycles. The second-order valence-electron chi connectivity index (χ2n) is 3.96. The Morgan fingerprint density at radius 3 is 2.53 bits per heavy atom. The van der Waals surface area contributed by atoms with Crippen molar-refractivity contribution in [1.29, 1.82) is 0 Å². The van der Waals surface area contributed by atoms with Crippen molar-refractivity contribution in [3.05, 3.63) is 27.7 Å². The minimum absolute atomic E-state index is 0.150. The maximum absolute atomic E-state index is 11.2. The first-order valence-corrected chi connectivity index (χ1v) is 5.50. The predicted molar refractivity (Wildman–Crippen MR) is 59.1 cm³/mol. The monoisotopic (exact) mass is 270 g/mol. The van der Waals surface area contributed by atoms with Crippen LogP contribution >= 0.6 is 15.9 Å². The Morgan fingerprint density at radius 2 is 2.07 bits per heavy atom. The Hall–Kier alpha value is -1.03. The third-order valence-electron chi connectivity index (χ3n) is 3.04. The van der Waals surface area contributed by atoms with Gasteiger partial charge in [-0.3, -0.25) is 4.79 Å². The van der Waals surface area contributed by atoms with Gasteiger partial charge in [0.1, 0.15) is 5.75 Å². The fraction of sp³-hybridized carbons (Fsp3) is 0.364. The van der Waals surface area contributed by atoms with Crippen LogP contribution in [0, 0.1) is 6.92 Å². The molecule has 0 atom stereocenters. The van der Waals surface area contributed by atoms with Crippen molar-refractivity contribution >= 4 is 21.9 Å². The van der Waals surface area contributed by atoms with Crippen LogP contribution in [0.1, 0.15) is 24.0 Å². The maximum atomic E-state index is 11.2. The van der Waals surface area contributed by atoms with Gasteiger partial charge in [0.2, 0.25) is 0 Å². The van der Waals surface area contributed by atoms with Gasteiger partial charge in [0, 0.05) is 0 Å². The van der Waals surface area contributed by atoms with Gasteiger partial charge in [-0.25, -0.2) is 0 Å². The number of hydrogen-bond donors (Lipinski definition) is 2. The van der Waals surface area contributed by atoms with Gasteiger partial charge in [-0.1, -0.05) is 6.07 Å². The molecule has 0 radical (unpaired) electrons. The SMILES string of the molecule is Cc1c(C2(C(=O)O)CC2)ccc(O)c1Br. The first-order valence-electron chi connectivity index (χ1n) is 4.71. The molecule has 1 aliphatic carbocycles. The predicted octanol–water partition coefficient (Wildman–Crippen LogP) is 2.58. The first-order chi connectivity index (χ1) is 6.99. The highest BCUT2D eigenvalue weighted by Crippen LogP contribution is 2.51. The van der Waals surface area contributed by atoms with Gasteiger partial charge >= 0.3 is 5.97 Å². The molecule has 0 aliphatic heterocycles. The number of phenols is 1. The molecule has 4 heteroatoms. The molecule has 0 saturated heterocycles. The van der Waals surface area contributed by atoms with E-state index in [-0.39, 0.29) is 5.75 Å². The van der Waals surface area contributed by atoms with Crippen molar-refractivity contribution in [3.63, 3.8) is 0 Å². The van der Waals surface area contributed by atoms with Gasteiger partial charge in [-0.2, -0.15) is 0 Å². The zero-order chi connectivity index (χ0) is 11.2. The van der Waals surface area contributed by atoms with Crippen LogP contribution in [0.3, 0.4) is 0 Å². The normalized spacial score (nSPS) is 17.5. The molecule has 0 amide bonds. The highest BCUT2D eigenvalue weighted by atomic mass is 79.9. The number of carboxylic acids is 1. The molecule has 1 aromatic carbocycles. The molecular formula is C11H11BrO3. The lowest BCUT2D eigenvalue weighted by atomic mass is 9.92. The largest absolute Gasteiger partial charge is 0.507 e. The first kappa shape index (κ1) is 10.5. The van der Waals surface area contributed by atoms with Crippen LogP contribution in [0.5, 0.6) is 5.75 Å². The second-order valence-corrected chi connectivity index (χ2v) is 4.75. The number of aromatic hydroxyl groups is 1. The van der Waals surface area contributed by atoms with Crippen molar-refractivity contribution in [1.82, 2.24) is 0 Å². The van der Waals surface area contributed by atoms with Gasteiger partial charge < -0.3 is 10.2 Å². The molecule has 2 rings (SSSR count). The zero-order valence-electron chi connectivity index (χ0n) is 8.25. The van der Waals surface area contributed by atoms with E-state index in [2.05, 4.69) is 15.9 Å². The molecule has 80 valence electrons. The lowest BCUT2D eigenvalue weighted by molar-refractivity contribution is -0.140. The average Bonchev–Trinajstić information content (AvgIpc) is 2.95. The number of rotatable bonds is 2. The lowest BCUT2D eigenvalue weighted by Gasteiger charge is -2.15. The number of carbonyl (C=O) groups is 1.